The zero-order chi connectivity index (χ0) is 27.2. The fraction of sp³-hybridized carbons (Fsp3) is 0.310. The second-order valence-corrected chi connectivity index (χ2v) is 10.5. The van der Waals surface area contributed by atoms with Crippen LogP contribution in [-0.4, -0.2) is 27.3 Å². The number of phenols is 2. The molecule has 6 nitrogen and oxygen atoms in total. The van der Waals surface area contributed by atoms with Crippen LogP contribution in [-0.2, 0) is 36.0 Å². The molecule has 0 atom stereocenters. The predicted molar refractivity (Wildman–Crippen MR) is 148 cm³/mol. The second-order valence-electron chi connectivity index (χ2n) is 8.96. The van der Waals surface area contributed by atoms with Crippen molar-refractivity contribution in [1.82, 2.24) is 0 Å². The number of cyclic esters (lactones) is 1. The van der Waals surface area contributed by atoms with Gasteiger partial charge in [-0.3, -0.25) is 0 Å². The third-order valence-corrected chi connectivity index (χ3v) is 8.90. The highest BCUT2D eigenvalue weighted by Crippen LogP contribution is 2.56. The number of benzene rings is 3. The molecule has 1 heterocycles. The Balaban J connectivity index is 2.33. The number of hydrogen-bond acceptors (Lipinski definition) is 5. The van der Waals surface area contributed by atoms with Gasteiger partial charge < -0.3 is 20.1 Å². The number of rotatable bonds is 7. The third-order valence-electron chi connectivity index (χ3n) is 7.15. The molecule has 0 unspecified atom stereocenters. The number of fused-ring (bicyclic) bond motifs is 1. The van der Waals surface area contributed by atoms with Crippen molar-refractivity contribution in [2.24, 2.45) is 0 Å². The largest absolute Gasteiger partial charge is 0.508 e. The van der Waals surface area contributed by atoms with Crippen molar-refractivity contribution in [2.45, 2.75) is 59.0 Å². The third kappa shape index (κ3) is 3.96. The van der Waals surface area contributed by atoms with Crippen LogP contribution in [0.1, 0.15) is 87.4 Å². The van der Waals surface area contributed by atoms with Gasteiger partial charge in [0.1, 0.15) is 11.5 Å². The van der Waals surface area contributed by atoms with Crippen LogP contribution in [0.4, 0.5) is 0 Å². The first-order valence-corrected chi connectivity index (χ1v) is 13.8. The summed E-state index contributed by atoms with van der Waals surface area (Å²) in [6.07, 6.45) is 2.03. The average Bonchev–Trinajstić information content (AvgIpc) is 3.16. The molecule has 0 saturated carbocycles. The first-order chi connectivity index (χ1) is 17.6. The smallest absolute Gasteiger partial charge is 0.341 e. The number of ether oxygens (including phenoxy) is 1. The molecule has 0 fully saturated rings. The summed E-state index contributed by atoms with van der Waals surface area (Å²) in [6, 6.07) is 8.11. The number of esters is 1. The molecule has 37 heavy (non-hydrogen) atoms. The summed E-state index contributed by atoms with van der Waals surface area (Å²) < 4.78 is 7.56. The molecule has 1 aliphatic rings. The van der Waals surface area contributed by atoms with Crippen molar-refractivity contribution < 1.29 is 29.6 Å². The van der Waals surface area contributed by atoms with E-state index < -0.39 is 17.5 Å². The van der Waals surface area contributed by atoms with Crippen LogP contribution in [0.25, 0.3) is 0 Å². The Hall–Kier alpha value is -2.84. The Labute approximate surface area is 232 Å². The van der Waals surface area contributed by atoms with E-state index in [0.717, 1.165) is 11.1 Å². The summed E-state index contributed by atoms with van der Waals surface area (Å²) in [5, 5.41) is 31.5. The van der Waals surface area contributed by atoms with E-state index in [2.05, 4.69) is 31.9 Å². The van der Waals surface area contributed by atoms with Gasteiger partial charge in [0.05, 0.1) is 11.1 Å². The van der Waals surface area contributed by atoms with Crippen LogP contribution in [0, 0.1) is 0 Å². The number of aromatic hydroxyl groups is 2. The van der Waals surface area contributed by atoms with Crippen molar-refractivity contribution >= 4 is 43.8 Å². The van der Waals surface area contributed by atoms with Crippen molar-refractivity contribution in [3.05, 3.63) is 89.3 Å². The van der Waals surface area contributed by atoms with Crippen molar-refractivity contribution in [2.75, 3.05) is 0 Å². The van der Waals surface area contributed by atoms with Crippen molar-refractivity contribution in [1.29, 1.82) is 0 Å². The van der Waals surface area contributed by atoms with E-state index in [9.17, 15) is 24.9 Å². The van der Waals surface area contributed by atoms with Gasteiger partial charge in [0.25, 0.3) is 0 Å². The van der Waals surface area contributed by atoms with Gasteiger partial charge in [-0.2, -0.15) is 0 Å². The number of aryl methyl sites for hydroxylation is 2. The minimum absolute atomic E-state index is 0.00449. The summed E-state index contributed by atoms with van der Waals surface area (Å²) in [5.41, 5.74) is 2.75. The molecule has 194 valence electrons. The van der Waals surface area contributed by atoms with E-state index in [-0.39, 0.29) is 22.6 Å². The van der Waals surface area contributed by atoms with E-state index in [1.165, 1.54) is 6.07 Å². The van der Waals surface area contributed by atoms with Crippen LogP contribution < -0.4 is 0 Å². The molecule has 4 rings (SSSR count). The summed E-state index contributed by atoms with van der Waals surface area (Å²) in [6.45, 7) is 7.73. The summed E-state index contributed by atoms with van der Waals surface area (Å²) >= 11 is 7.47. The molecule has 0 radical (unpaired) electrons. The first-order valence-electron chi connectivity index (χ1n) is 12.3. The minimum Gasteiger partial charge on any atom is -0.508 e. The molecule has 1 aliphatic heterocycles. The fourth-order valence-corrected chi connectivity index (χ4v) is 7.47. The SMILES string of the molecule is CCc1cc(O)c(CC)c(Br)c1C1(c2c(CC)cc(O)c(CC)c2Br)OC(=O)c2c(C(=O)O)cccc21. The van der Waals surface area contributed by atoms with E-state index >= 15 is 0 Å². The van der Waals surface area contributed by atoms with Gasteiger partial charge in [-0.25, -0.2) is 9.59 Å². The second kappa shape index (κ2) is 10.1. The van der Waals surface area contributed by atoms with Crippen molar-refractivity contribution in [3.8, 4) is 11.5 Å². The molecule has 0 saturated heterocycles. The van der Waals surface area contributed by atoms with E-state index in [4.69, 9.17) is 4.74 Å². The zero-order valence-corrected chi connectivity index (χ0v) is 24.2. The normalized spacial score (nSPS) is 13.9. The molecule has 0 bridgehead atoms. The number of halogens is 2. The number of carboxylic acid groups (broad SMARTS) is 1. The van der Waals surface area contributed by atoms with Gasteiger partial charge in [-0.15, -0.1) is 0 Å². The van der Waals surface area contributed by atoms with E-state index in [1.807, 2.05) is 27.7 Å². The lowest BCUT2D eigenvalue weighted by atomic mass is 9.73. The first kappa shape index (κ1) is 27.2. The number of carbonyl (C=O) groups is 2. The van der Waals surface area contributed by atoms with Gasteiger partial charge in [0, 0.05) is 36.8 Å². The number of aromatic carboxylic acids is 1. The Morgan fingerprint density at radius 1 is 0.865 bits per heavy atom. The van der Waals surface area contributed by atoms with E-state index in [0.29, 0.717) is 62.4 Å². The summed E-state index contributed by atoms with van der Waals surface area (Å²) in [4.78, 5) is 25.8. The Bertz CT molecular complexity index is 1380. The summed E-state index contributed by atoms with van der Waals surface area (Å²) in [7, 11) is 0. The van der Waals surface area contributed by atoms with Crippen LogP contribution in [0.15, 0.2) is 39.3 Å². The maximum Gasteiger partial charge on any atom is 0.341 e. The molecule has 0 aromatic heterocycles. The molecule has 3 aromatic carbocycles. The molecule has 0 aliphatic carbocycles. The molecular weight excluding hydrogens is 604 g/mol. The topological polar surface area (TPSA) is 104 Å². The van der Waals surface area contributed by atoms with Gasteiger partial charge in [0.15, 0.2) is 5.60 Å². The molecule has 3 N–H and O–H groups in total. The van der Waals surface area contributed by atoms with Crippen LogP contribution in [0.2, 0.25) is 0 Å². The lowest BCUT2D eigenvalue weighted by Gasteiger charge is -2.36. The number of carboxylic acids is 1. The van der Waals surface area contributed by atoms with Gasteiger partial charge in [-0.1, -0.05) is 39.8 Å². The van der Waals surface area contributed by atoms with E-state index in [1.54, 1.807) is 24.3 Å². The monoisotopic (exact) mass is 630 g/mol. The molecular formula is C29H28Br2O6. The number of carbonyl (C=O) groups excluding carboxylic acids is 1. The highest BCUT2D eigenvalue weighted by Gasteiger charge is 2.54. The lowest BCUT2D eigenvalue weighted by Crippen LogP contribution is -2.34. The summed E-state index contributed by atoms with van der Waals surface area (Å²) in [5.74, 6) is -1.71. The number of hydrogen-bond donors (Lipinski definition) is 3. The van der Waals surface area contributed by atoms with Gasteiger partial charge in [0.2, 0.25) is 0 Å². The highest BCUT2D eigenvalue weighted by molar-refractivity contribution is 9.11. The average molecular weight is 632 g/mol. The number of phenolic OH excluding ortho intramolecular Hbond substituents is 2. The minimum atomic E-state index is -1.54. The standard InChI is InChI=1S/C29H28Br2O6/c1-5-14-12-20(32)16(7-3)25(30)23(14)29(24-15(6-2)13-21(33)17(8-4)26(24)31)19-11-9-10-18(27(34)35)22(19)28(36)37-29/h9-13,32-33H,5-8H2,1-4H3,(H,34,35). The molecule has 0 spiro atoms. The highest BCUT2D eigenvalue weighted by atomic mass is 79.9. The predicted octanol–water partition coefficient (Wildman–Crippen LogP) is 7.03. The van der Waals surface area contributed by atoms with Crippen molar-refractivity contribution in [3.63, 3.8) is 0 Å². The lowest BCUT2D eigenvalue weighted by molar-refractivity contribution is 0.0240. The maximum absolute atomic E-state index is 13.6. The van der Waals surface area contributed by atoms with Crippen LogP contribution in [0.3, 0.4) is 0 Å². The Morgan fingerprint density at radius 2 is 1.35 bits per heavy atom. The van der Waals surface area contributed by atoms with Gasteiger partial charge in [-0.05, 0) is 86.9 Å². The maximum atomic E-state index is 13.6. The van der Waals surface area contributed by atoms with Crippen LogP contribution in [0.5, 0.6) is 11.5 Å². The molecule has 3 aromatic rings. The zero-order valence-electron chi connectivity index (χ0n) is 21.0. The molecule has 0 amide bonds. The van der Waals surface area contributed by atoms with Crippen LogP contribution >= 0.6 is 31.9 Å². The Kier molecular flexibility index (Phi) is 7.45. The molecule has 8 heteroatoms. The van der Waals surface area contributed by atoms with Gasteiger partial charge >= 0.3 is 11.9 Å². The quantitative estimate of drug-likeness (QED) is 0.242. The fourth-order valence-electron chi connectivity index (χ4n) is 5.43. The Morgan fingerprint density at radius 3 is 1.76 bits per heavy atom.